The van der Waals surface area contributed by atoms with Gasteiger partial charge in [0.05, 0.1) is 17.7 Å². The molecule has 0 aromatic rings. The lowest BCUT2D eigenvalue weighted by atomic mass is 10.1. The first-order chi connectivity index (χ1) is 6.41. The van der Waals surface area contributed by atoms with Crippen LogP contribution in [-0.4, -0.2) is 48.8 Å². The van der Waals surface area contributed by atoms with Crippen LogP contribution >= 0.6 is 0 Å². The van der Waals surface area contributed by atoms with Crippen molar-refractivity contribution >= 4 is 0 Å². The lowest BCUT2D eigenvalue weighted by molar-refractivity contribution is 0.0326. The van der Waals surface area contributed by atoms with Crippen LogP contribution in [0.4, 0.5) is 0 Å². The predicted octanol–water partition coefficient (Wildman–Crippen LogP) is 0.191. The lowest BCUT2D eigenvalue weighted by Gasteiger charge is -2.28. The molecule has 0 rings (SSSR count). The minimum absolute atomic E-state index is 0.163. The Hall–Kier alpha value is -0.630. The van der Waals surface area contributed by atoms with E-state index in [2.05, 4.69) is 11.4 Å². The molecule has 0 amide bonds. The van der Waals surface area contributed by atoms with Gasteiger partial charge in [0, 0.05) is 13.1 Å². The Kier molecular flexibility index (Phi) is 5.70. The number of rotatable bonds is 6. The topological polar surface area (TPSA) is 59.3 Å². The van der Waals surface area contributed by atoms with Crippen LogP contribution in [0, 0.1) is 11.3 Å². The van der Waals surface area contributed by atoms with Gasteiger partial charge in [-0.15, -0.1) is 0 Å². The van der Waals surface area contributed by atoms with E-state index in [1.165, 1.54) is 0 Å². The molecular weight excluding hydrogens is 178 g/mol. The van der Waals surface area contributed by atoms with Gasteiger partial charge in [0.1, 0.15) is 0 Å². The summed E-state index contributed by atoms with van der Waals surface area (Å²) in [5, 5.41) is 21.6. The molecule has 0 bridgehead atoms. The second-order valence-corrected chi connectivity index (χ2v) is 4.21. The van der Waals surface area contributed by atoms with E-state index in [-0.39, 0.29) is 6.04 Å². The van der Waals surface area contributed by atoms with Crippen LogP contribution in [-0.2, 0) is 0 Å². The highest BCUT2D eigenvalue weighted by Crippen LogP contribution is 2.03. The van der Waals surface area contributed by atoms with E-state index in [0.717, 1.165) is 6.42 Å². The standard InChI is InChI=1S/C10H21N3O/c1-5-9(6-11)12-7-10(2,14)8-13(3)4/h9,12,14H,5,7-8H2,1-4H3. The molecule has 2 N–H and O–H groups in total. The van der Waals surface area contributed by atoms with Crippen molar-refractivity contribution in [3.63, 3.8) is 0 Å². The fourth-order valence-corrected chi connectivity index (χ4v) is 1.36. The summed E-state index contributed by atoms with van der Waals surface area (Å²) in [6.07, 6.45) is 0.758. The van der Waals surface area contributed by atoms with Crippen molar-refractivity contribution in [3.8, 4) is 6.07 Å². The van der Waals surface area contributed by atoms with Crippen LogP contribution in [0.3, 0.4) is 0 Å². The average Bonchev–Trinajstić information content (AvgIpc) is 2.03. The highest BCUT2D eigenvalue weighted by molar-refractivity contribution is 4.91. The van der Waals surface area contributed by atoms with Crippen molar-refractivity contribution in [3.05, 3.63) is 0 Å². The number of nitriles is 1. The summed E-state index contributed by atoms with van der Waals surface area (Å²) in [6, 6.07) is 1.98. The molecular formula is C10H21N3O. The molecule has 4 heteroatoms. The second kappa shape index (κ2) is 5.97. The summed E-state index contributed by atoms with van der Waals surface area (Å²) < 4.78 is 0. The van der Waals surface area contributed by atoms with Crippen molar-refractivity contribution in [2.45, 2.75) is 31.9 Å². The van der Waals surface area contributed by atoms with Crippen LogP contribution in [0.15, 0.2) is 0 Å². The quantitative estimate of drug-likeness (QED) is 0.641. The van der Waals surface area contributed by atoms with Crippen LogP contribution in [0.5, 0.6) is 0 Å². The second-order valence-electron chi connectivity index (χ2n) is 4.21. The van der Waals surface area contributed by atoms with E-state index in [1.807, 2.05) is 25.9 Å². The van der Waals surface area contributed by atoms with Crippen LogP contribution < -0.4 is 5.32 Å². The van der Waals surface area contributed by atoms with Gasteiger partial charge in [0.15, 0.2) is 0 Å². The third kappa shape index (κ3) is 5.92. The molecule has 2 atom stereocenters. The predicted molar refractivity (Wildman–Crippen MR) is 56.9 cm³/mol. The van der Waals surface area contributed by atoms with E-state index in [1.54, 1.807) is 6.92 Å². The van der Waals surface area contributed by atoms with E-state index in [9.17, 15) is 5.11 Å². The number of hydrogen-bond donors (Lipinski definition) is 2. The van der Waals surface area contributed by atoms with Gasteiger partial charge in [-0.3, -0.25) is 5.32 Å². The zero-order valence-corrected chi connectivity index (χ0v) is 9.54. The number of nitrogens with zero attached hydrogens (tertiary/aromatic N) is 2. The average molecular weight is 199 g/mol. The third-order valence-electron chi connectivity index (χ3n) is 1.95. The molecule has 0 saturated carbocycles. The number of aliphatic hydroxyl groups is 1. The molecule has 0 aliphatic carbocycles. The monoisotopic (exact) mass is 199 g/mol. The first-order valence-corrected chi connectivity index (χ1v) is 4.91. The van der Waals surface area contributed by atoms with Gasteiger partial charge in [0.25, 0.3) is 0 Å². The zero-order chi connectivity index (χ0) is 11.2. The van der Waals surface area contributed by atoms with Crippen molar-refractivity contribution in [2.75, 3.05) is 27.2 Å². The third-order valence-corrected chi connectivity index (χ3v) is 1.95. The molecule has 0 aromatic carbocycles. The van der Waals surface area contributed by atoms with Crippen LogP contribution in [0.2, 0.25) is 0 Å². The Balaban J connectivity index is 3.92. The van der Waals surface area contributed by atoms with Gasteiger partial charge in [0.2, 0.25) is 0 Å². The maximum absolute atomic E-state index is 9.91. The highest BCUT2D eigenvalue weighted by atomic mass is 16.3. The first kappa shape index (κ1) is 13.4. The fourth-order valence-electron chi connectivity index (χ4n) is 1.36. The molecule has 0 spiro atoms. The molecule has 0 fully saturated rings. The summed E-state index contributed by atoms with van der Waals surface area (Å²) >= 11 is 0. The van der Waals surface area contributed by atoms with E-state index < -0.39 is 5.60 Å². The Bertz CT molecular complexity index is 196. The summed E-state index contributed by atoms with van der Waals surface area (Å²) in [4.78, 5) is 1.93. The van der Waals surface area contributed by atoms with E-state index >= 15 is 0 Å². The normalized spacial score (nSPS) is 17.5. The number of nitrogens with one attached hydrogen (secondary N) is 1. The van der Waals surface area contributed by atoms with E-state index in [4.69, 9.17) is 5.26 Å². The maximum atomic E-state index is 9.91. The minimum Gasteiger partial charge on any atom is -0.388 e. The summed E-state index contributed by atoms with van der Waals surface area (Å²) in [6.45, 7) is 4.74. The zero-order valence-electron chi connectivity index (χ0n) is 9.54. The van der Waals surface area contributed by atoms with Crippen molar-refractivity contribution in [1.29, 1.82) is 5.26 Å². The molecule has 4 nitrogen and oxygen atoms in total. The fraction of sp³-hybridized carbons (Fsp3) is 0.900. The van der Waals surface area contributed by atoms with Gasteiger partial charge >= 0.3 is 0 Å². The SMILES string of the molecule is CCC(C#N)NCC(C)(O)CN(C)C. The van der Waals surface area contributed by atoms with Gasteiger partial charge in [-0.05, 0) is 27.4 Å². The number of hydrogen-bond acceptors (Lipinski definition) is 4. The van der Waals surface area contributed by atoms with Crippen molar-refractivity contribution < 1.29 is 5.11 Å². The molecule has 14 heavy (non-hydrogen) atoms. The summed E-state index contributed by atoms with van der Waals surface area (Å²) in [7, 11) is 3.83. The molecule has 2 unspecified atom stereocenters. The Morgan fingerprint density at radius 1 is 1.57 bits per heavy atom. The minimum atomic E-state index is -0.784. The Labute approximate surface area is 86.5 Å². The van der Waals surface area contributed by atoms with Gasteiger partial charge in [-0.25, -0.2) is 0 Å². The van der Waals surface area contributed by atoms with Crippen molar-refractivity contribution in [1.82, 2.24) is 10.2 Å². The first-order valence-electron chi connectivity index (χ1n) is 4.91. The van der Waals surface area contributed by atoms with Gasteiger partial charge < -0.3 is 10.0 Å². The Morgan fingerprint density at radius 2 is 2.14 bits per heavy atom. The molecule has 0 aliphatic rings. The molecule has 0 aliphatic heterocycles. The summed E-state index contributed by atoms with van der Waals surface area (Å²) in [5.74, 6) is 0. The van der Waals surface area contributed by atoms with Crippen LogP contribution in [0.25, 0.3) is 0 Å². The maximum Gasteiger partial charge on any atom is 0.0951 e. The Morgan fingerprint density at radius 3 is 2.50 bits per heavy atom. The van der Waals surface area contributed by atoms with E-state index in [0.29, 0.717) is 13.1 Å². The molecule has 0 saturated heterocycles. The lowest BCUT2D eigenvalue weighted by Crippen LogP contribution is -2.47. The van der Waals surface area contributed by atoms with Gasteiger partial charge in [-0.2, -0.15) is 5.26 Å². The molecule has 0 radical (unpaired) electrons. The molecule has 82 valence electrons. The van der Waals surface area contributed by atoms with Crippen LogP contribution in [0.1, 0.15) is 20.3 Å². The summed E-state index contributed by atoms with van der Waals surface area (Å²) in [5.41, 5.74) is -0.784. The largest absolute Gasteiger partial charge is 0.388 e. The van der Waals surface area contributed by atoms with Gasteiger partial charge in [-0.1, -0.05) is 6.92 Å². The number of likely N-dealkylation sites (N-methyl/N-ethyl adjacent to an activating group) is 1. The van der Waals surface area contributed by atoms with Crippen molar-refractivity contribution in [2.24, 2.45) is 0 Å². The smallest absolute Gasteiger partial charge is 0.0951 e. The molecule has 0 aromatic heterocycles. The molecule has 0 heterocycles. The highest BCUT2D eigenvalue weighted by Gasteiger charge is 2.21.